The van der Waals surface area contributed by atoms with E-state index in [1.165, 1.54) is 6.07 Å². The van der Waals surface area contributed by atoms with E-state index in [-0.39, 0.29) is 0 Å². The first-order chi connectivity index (χ1) is 11.8. The number of rotatable bonds is 3. The topological polar surface area (TPSA) is 57.7 Å². The number of piperidine rings is 1. The average Bonchev–Trinajstić information content (AvgIpc) is 3.13. The number of nitrogens with zero attached hydrogens (tertiary/aromatic N) is 4. The molecule has 4 rings (SSSR count). The molecule has 3 aromatic heterocycles. The van der Waals surface area contributed by atoms with Crippen LogP contribution in [0.4, 0.5) is 10.2 Å². The highest BCUT2D eigenvalue weighted by molar-refractivity contribution is 5.62. The van der Waals surface area contributed by atoms with Gasteiger partial charge in [-0.05, 0) is 42.5 Å². The molecule has 122 valence electrons. The van der Waals surface area contributed by atoms with E-state index in [1.54, 1.807) is 18.6 Å². The van der Waals surface area contributed by atoms with Crippen molar-refractivity contribution in [1.82, 2.24) is 20.2 Å². The van der Waals surface area contributed by atoms with Gasteiger partial charge < -0.3 is 4.90 Å². The van der Waals surface area contributed by atoms with Crippen molar-refractivity contribution in [2.75, 3.05) is 18.0 Å². The highest BCUT2D eigenvalue weighted by atomic mass is 19.1. The number of hydrogen-bond acceptors (Lipinski definition) is 4. The number of anilines is 1. The van der Waals surface area contributed by atoms with E-state index < -0.39 is 5.95 Å². The van der Waals surface area contributed by atoms with Crippen LogP contribution in [-0.2, 0) is 0 Å². The van der Waals surface area contributed by atoms with Crippen LogP contribution in [0.25, 0.3) is 11.3 Å². The zero-order valence-corrected chi connectivity index (χ0v) is 13.2. The van der Waals surface area contributed by atoms with Gasteiger partial charge in [0.15, 0.2) is 0 Å². The van der Waals surface area contributed by atoms with Crippen LogP contribution in [0, 0.1) is 5.95 Å². The zero-order valence-electron chi connectivity index (χ0n) is 13.2. The van der Waals surface area contributed by atoms with Crippen LogP contribution in [0.5, 0.6) is 0 Å². The van der Waals surface area contributed by atoms with E-state index in [0.717, 1.165) is 48.6 Å². The minimum Gasteiger partial charge on any atom is -0.357 e. The molecule has 4 heterocycles. The Morgan fingerprint density at radius 2 is 1.88 bits per heavy atom. The molecule has 0 saturated carbocycles. The number of H-pyrrole nitrogens is 1. The van der Waals surface area contributed by atoms with Crippen molar-refractivity contribution in [2.24, 2.45) is 0 Å². The Balaban J connectivity index is 1.43. The SMILES string of the molecule is Fc1ccc(C2CCN(c3cc(-c4ccncc4)n[nH]3)CC2)cn1. The molecule has 0 spiro atoms. The Labute approximate surface area is 139 Å². The largest absolute Gasteiger partial charge is 0.357 e. The monoisotopic (exact) mass is 323 g/mol. The summed E-state index contributed by atoms with van der Waals surface area (Å²) >= 11 is 0. The molecule has 3 aromatic rings. The summed E-state index contributed by atoms with van der Waals surface area (Å²) in [5.41, 5.74) is 3.11. The van der Waals surface area contributed by atoms with Gasteiger partial charge in [-0.3, -0.25) is 10.1 Å². The van der Waals surface area contributed by atoms with Crippen LogP contribution < -0.4 is 4.90 Å². The number of aromatic nitrogens is 4. The highest BCUT2D eigenvalue weighted by Gasteiger charge is 2.22. The van der Waals surface area contributed by atoms with Crippen molar-refractivity contribution in [2.45, 2.75) is 18.8 Å². The van der Waals surface area contributed by atoms with Crippen LogP contribution in [-0.4, -0.2) is 33.3 Å². The van der Waals surface area contributed by atoms with Crippen molar-refractivity contribution in [3.05, 3.63) is 60.4 Å². The molecule has 1 aliphatic heterocycles. The summed E-state index contributed by atoms with van der Waals surface area (Å²) in [5, 5.41) is 7.53. The summed E-state index contributed by atoms with van der Waals surface area (Å²) < 4.78 is 12.9. The van der Waals surface area contributed by atoms with Crippen molar-refractivity contribution >= 4 is 5.82 Å². The smallest absolute Gasteiger partial charge is 0.212 e. The van der Waals surface area contributed by atoms with Crippen LogP contribution in [0.1, 0.15) is 24.3 Å². The Morgan fingerprint density at radius 3 is 2.58 bits per heavy atom. The molecule has 0 aromatic carbocycles. The summed E-state index contributed by atoms with van der Waals surface area (Å²) in [7, 11) is 0. The maximum absolute atomic E-state index is 12.9. The Morgan fingerprint density at radius 1 is 1.08 bits per heavy atom. The highest BCUT2D eigenvalue weighted by Crippen LogP contribution is 2.30. The molecule has 0 bridgehead atoms. The first-order valence-corrected chi connectivity index (χ1v) is 8.12. The van der Waals surface area contributed by atoms with Crippen molar-refractivity contribution < 1.29 is 4.39 Å². The molecule has 0 amide bonds. The standard InChI is InChI=1S/C18H18FN5/c19-17-2-1-15(12-21-17)13-5-9-24(10-6-13)18-11-16(22-23-18)14-3-7-20-8-4-14/h1-4,7-8,11-13H,5-6,9-10H2,(H,22,23). The lowest BCUT2D eigenvalue weighted by Gasteiger charge is -2.32. The van der Waals surface area contributed by atoms with Gasteiger partial charge in [0.1, 0.15) is 5.82 Å². The minimum absolute atomic E-state index is 0.419. The van der Waals surface area contributed by atoms with E-state index in [1.807, 2.05) is 18.2 Å². The predicted molar refractivity (Wildman–Crippen MR) is 90.2 cm³/mol. The fourth-order valence-corrected chi connectivity index (χ4v) is 3.23. The zero-order chi connectivity index (χ0) is 16.4. The molecule has 1 fully saturated rings. The van der Waals surface area contributed by atoms with Gasteiger partial charge in [0.25, 0.3) is 0 Å². The predicted octanol–water partition coefficient (Wildman–Crippen LogP) is 3.39. The third-order valence-corrected chi connectivity index (χ3v) is 4.60. The number of aromatic amines is 1. The lowest BCUT2D eigenvalue weighted by Crippen LogP contribution is -2.33. The van der Waals surface area contributed by atoms with Gasteiger partial charge >= 0.3 is 0 Å². The number of nitrogens with one attached hydrogen (secondary N) is 1. The maximum Gasteiger partial charge on any atom is 0.212 e. The molecule has 1 saturated heterocycles. The summed E-state index contributed by atoms with van der Waals surface area (Å²) in [4.78, 5) is 10.1. The summed E-state index contributed by atoms with van der Waals surface area (Å²) in [6.45, 7) is 1.89. The molecular weight excluding hydrogens is 305 g/mol. The lowest BCUT2D eigenvalue weighted by molar-refractivity contribution is 0.498. The van der Waals surface area contributed by atoms with Crippen molar-refractivity contribution in [1.29, 1.82) is 0 Å². The third-order valence-electron chi connectivity index (χ3n) is 4.60. The van der Waals surface area contributed by atoms with Gasteiger partial charge in [-0.1, -0.05) is 6.07 Å². The van der Waals surface area contributed by atoms with Gasteiger partial charge in [-0.2, -0.15) is 9.49 Å². The van der Waals surface area contributed by atoms with E-state index in [4.69, 9.17) is 0 Å². The molecule has 0 aliphatic carbocycles. The second kappa shape index (κ2) is 6.39. The van der Waals surface area contributed by atoms with E-state index in [2.05, 4.69) is 31.1 Å². The fraction of sp³-hybridized carbons (Fsp3) is 0.278. The van der Waals surface area contributed by atoms with Gasteiger partial charge in [-0.25, -0.2) is 4.98 Å². The third kappa shape index (κ3) is 2.99. The summed E-state index contributed by atoms with van der Waals surface area (Å²) in [6, 6.07) is 9.27. The second-order valence-corrected chi connectivity index (χ2v) is 6.05. The Hall–Kier alpha value is -2.76. The maximum atomic E-state index is 12.9. The minimum atomic E-state index is -0.419. The summed E-state index contributed by atoms with van der Waals surface area (Å²) in [6.07, 6.45) is 7.25. The first-order valence-electron chi connectivity index (χ1n) is 8.12. The van der Waals surface area contributed by atoms with Crippen molar-refractivity contribution in [3.8, 4) is 11.3 Å². The molecule has 0 unspecified atom stereocenters. The molecule has 1 N–H and O–H groups in total. The Kier molecular flexibility index (Phi) is 3.94. The molecule has 0 atom stereocenters. The van der Waals surface area contributed by atoms with Crippen molar-refractivity contribution in [3.63, 3.8) is 0 Å². The molecule has 1 aliphatic rings. The fourth-order valence-electron chi connectivity index (χ4n) is 3.23. The normalized spacial score (nSPS) is 15.6. The molecule has 5 nitrogen and oxygen atoms in total. The van der Waals surface area contributed by atoms with Crippen LogP contribution in [0.3, 0.4) is 0 Å². The lowest BCUT2D eigenvalue weighted by atomic mass is 9.90. The van der Waals surface area contributed by atoms with E-state index in [0.29, 0.717) is 5.92 Å². The molecule has 6 heteroatoms. The molecule has 0 radical (unpaired) electrons. The molecule has 24 heavy (non-hydrogen) atoms. The number of pyridine rings is 2. The average molecular weight is 323 g/mol. The summed E-state index contributed by atoms with van der Waals surface area (Å²) in [5.74, 6) is 1.06. The Bertz CT molecular complexity index is 792. The van der Waals surface area contributed by atoms with Gasteiger partial charge in [0.05, 0.1) is 5.69 Å². The van der Waals surface area contributed by atoms with Gasteiger partial charge in [0, 0.05) is 43.3 Å². The first kappa shape index (κ1) is 14.8. The van der Waals surface area contributed by atoms with Gasteiger partial charge in [0.2, 0.25) is 5.95 Å². The second-order valence-electron chi connectivity index (χ2n) is 6.05. The van der Waals surface area contributed by atoms with Crippen LogP contribution in [0.2, 0.25) is 0 Å². The number of hydrogen-bond donors (Lipinski definition) is 1. The number of halogens is 1. The van der Waals surface area contributed by atoms with Crippen LogP contribution >= 0.6 is 0 Å². The molecular formula is C18H18FN5. The van der Waals surface area contributed by atoms with Crippen LogP contribution in [0.15, 0.2) is 48.9 Å². The quantitative estimate of drug-likeness (QED) is 0.751. The van der Waals surface area contributed by atoms with Gasteiger partial charge in [-0.15, -0.1) is 0 Å². The van der Waals surface area contributed by atoms with E-state index in [9.17, 15) is 4.39 Å². The van der Waals surface area contributed by atoms with E-state index >= 15 is 0 Å².